The lowest BCUT2D eigenvalue weighted by Gasteiger charge is -2.48. The van der Waals surface area contributed by atoms with Crippen molar-refractivity contribution in [3.63, 3.8) is 0 Å². The van der Waals surface area contributed by atoms with E-state index in [1.165, 1.54) is 4.90 Å². The summed E-state index contributed by atoms with van der Waals surface area (Å²) in [6.07, 6.45) is -11.5. The van der Waals surface area contributed by atoms with Crippen LogP contribution in [0, 0.1) is 5.82 Å². The maximum absolute atomic E-state index is 16.1. The summed E-state index contributed by atoms with van der Waals surface area (Å²) in [6, 6.07) is 3.70. The SMILES string of the molecule is CCCN1CC2N(C(=O)C3(F)CCCCC3)CCC2(S(=O)(=O)c2ccc(F)cc2)c2ccc(C(F)(C(F)(F)F)C(F)(F)F)cc21. The van der Waals surface area contributed by atoms with Crippen molar-refractivity contribution in [3.05, 3.63) is 59.4 Å². The molecule has 1 amide bonds. The number of halogens is 9. The zero-order chi connectivity index (χ0) is 33.2. The summed E-state index contributed by atoms with van der Waals surface area (Å²) in [7, 11) is -4.70. The van der Waals surface area contributed by atoms with Crippen LogP contribution in [0.4, 0.5) is 45.2 Å². The Morgan fingerprint density at radius 1 is 0.911 bits per heavy atom. The van der Waals surface area contributed by atoms with Gasteiger partial charge < -0.3 is 9.80 Å². The summed E-state index contributed by atoms with van der Waals surface area (Å²) in [5.74, 6) is -1.71. The molecule has 5 rings (SSSR count). The maximum atomic E-state index is 16.1. The summed E-state index contributed by atoms with van der Waals surface area (Å²) in [5, 5.41) is 0. The minimum atomic E-state index is -6.41. The van der Waals surface area contributed by atoms with Crippen LogP contribution in [0.3, 0.4) is 0 Å². The van der Waals surface area contributed by atoms with Gasteiger partial charge in [-0.25, -0.2) is 21.6 Å². The Morgan fingerprint density at radius 3 is 2.07 bits per heavy atom. The molecule has 5 nitrogen and oxygen atoms in total. The number of hydrogen-bond acceptors (Lipinski definition) is 4. The third-order valence-corrected chi connectivity index (χ3v) is 11.9. The number of carbonyl (C=O) groups excluding carboxylic acids is 1. The number of sulfone groups is 1. The van der Waals surface area contributed by atoms with Crippen LogP contribution in [0.5, 0.6) is 0 Å². The van der Waals surface area contributed by atoms with Crippen molar-refractivity contribution in [1.29, 1.82) is 0 Å². The number of anilines is 1. The Hall–Kier alpha value is -2.97. The molecule has 1 aliphatic carbocycles. The molecule has 0 radical (unpaired) electrons. The first kappa shape index (κ1) is 33.4. The van der Waals surface area contributed by atoms with E-state index in [1.54, 1.807) is 6.92 Å². The highest BCUT2D eigenvalue weighted by Gasteiger charge is 2.74. The van der Waals surface area contributed by atoms with Gasteiger partial charge in [0.15, 0.2) is 15.5 Å². The van der Waals surface area contributed by atoms with Gasteiger partial charge in [0.1, 0.15) is 10.6 Å². The first-order valence-electron chi connectivity index (χ1n) is 14.6. The fourth-order valence-corrected chi connectivity index (χ4v) is 9.47. The average Bonchev–Trinajstić information content (AvgIpc) is 3.36. The van der Waals surface area contributed by atoms with E-state index in [1.807, 2.05) is 0 Å². The predicted molar refractivity (Wildman–Crippen MR) is 146 cm³/mol. The molecule has 0 N–H and O–H groups in total. The molecule has 2 atom stereocenters. The Morgan fingerprint density at radius 2 is 1.51 bits per heavy atom. The lowest BCUT2D eigenvalue weighted by Crippen LogP contribution is -2.61. The van der Waals surface area contributed by atoms with Crippen molar-refractivity contribution in [2.75, 3.05) is 24.5 Å². The van der Waals surface area contributed by atoms with Crippen molar-refractivity contribution < 1.29 is 52.7 Å². The second-order valence-electron chi connectivity index (χ2n) is 12.0. The monoisotopic (exact) mass is 670 g/mol. The van der Waals surface area contributed by atoms with Gasteiger partial charge in [-0.2, -0.15) is 26.3 Å². The van der Waals surface area contributed by atoms with E-state index in [0.29, 0.717) is 25.3 Å². The number of benzene rings is 2. The van der Waals surface area contributed by atoms with Gasteiger partial charge in [-0.15, -0.1) is 0 Å². The molecule has 2 unspecified atom stereocenters. The smallest absolute Gasteiger partial charge is 0.369 e. The fourth-order valence-electron chi connectivity index (χ4n) is 7.17. The minimum Gasteiger partial charge on any atom is -0.369 e. The number of rotatable bonds is 6. The minimum absolute atomic E-state index is 0.0141. The van der Waals surface area contributed by atoms with Crippen LogP contribution in [-0.4, -0.2) is 62.9 Å². The normalized spacial score (nSPS) is 23.9. The summed E-state index contributed by atoms with van der Waals surface area (Å²) < 4.78 is 154. The van der Waals surface area contributed by atoms with Crippen LogP contribution in [0.2, 0.25) is 0 Å². The van der Waals surface area contributed by atoms with Crippen LogP contribution in [-0.2, 0) is 25.0 Å². The molecule has 248 valence electrons. The molecule has 0 aromatic heterocycles. The molecule has 2 heterocycles. The quantitative estimate of drug-likeness (QED) is 0.240. The van der Waals surface area contributed by atoms with Crippen LogP contribution >= 0.6 is 0 Å². The lowest BCUT2D eigenvalue weighted by atomic mass is 9.81. The van der Waals surface area contributed by atoms with Crippen molar-refractivity contribution in [2.24, 2.45) is 0 Å². The highest BCUT2D eigenvalue weighted by molar-refractivity contribution is 7.92. The van der Waals surface area contributed by atoms with Gasteiger partial charge >= 0.3 is 18.0 Å². The summed E-state index contributed by atoms with van der Waals surface area (Å²) in [6.45, 7) is 0.959. The molecule has 1 saturated heterocycles. The standard InChI is InChI=1S/C30H31F9N2O3S/c1-2-15-40-18-24-27(45(43,44)21-9-7-20(31)8-10-21,14-16-41(24)25(42)26(32)12-4-3-5-13-26)22-11-6-19(17-23(22)40)28(33,29(34,35)36)30(37,38)39/h6-11,17,24H,2-5,12-16,18H2,1H3. The van der Waals surface area contributed by atoms with Gasteiger partial charge in [-0.1, -0.05) is 25.5 Å². The number of alkyl halides is 8. The topological polar surface area (TPSA) is 57.7 Å². The number of carbonyl (C=O) groups is 1. The van der Waals surface area contributed by atoms with E-state index < -0.39 is 73.0 Å². The van der Waals surface area contributed by atoms with Gasteiger partial charge in [0.2, 0.25) is 0 Å². The van der Waals surface area contributed by atoms with Crippen molar-refractivity contribution in [1.82, 2.24) is 4.90 Å². The Labute approximate surface area is 254 Å². The zero-order valence-electron chi connectivity index (χ0n) is 24.1. The van der Waals surface area contributed by atoms with Crippen LogP contribution < -0.4 is 4.90 Å². The van der Waals surface area contributed by atoms with Gasteiger partial charge in [-0.3, -0.25) is 4.79 Å². The van der Waals surface area contributed by atoms with E-state index in [4.69, 9.17) is 0 Å². The molecule has 2 fully saturated rings. The molecular formula is C30H31F9N2O3S. The predicted octanol–water partition coefficient (Wildman–Crippen LogP) is 7.29. The summed E-state index contributed by atoms with van der Waals surface area (Å²) >= 11 is 0. The fraction of sp³-hybridized carbons (Fsp3) is 0.567. The molecular weight excluding hydrogens is 639 g/mol. The van der Waals surface area contributed by atoms with Crippen LogP contribution in [0.15, 0.2) is 47.4 Å². The highest BCUT2D eigenvalue weighted by atomic mass is 32.2. The van der Waals surface area contributed by atoms with Gasteiger partial charge in [0.05, 0.1) is 10.9 Å². The molecule has 1 saturated carbocycles. The number of likely N-dealkylation sites (tertiary alicyclic amines) is 1. The van der Waals surface area contributed by atoms with Crippen molar-refractivity contribution >= 4 is 21.4 Å². The number of amides is 1. The molecule has 2 aromatic carbocycles. The first-order valence-corrected chi connectivity index (χ1v) is 16.1. The number of hydrogen-bond donors (Lipinski definition) is 0. The molecule has 0 bridgehead atoms. The second kappa shape index (κ2) is 11.1. The number of fused-ring (bicyclic) bond motifs is 3. The third kappa shape index (κ3) is 4.98. The van der Waals surface area contributed by atoms with E-state index in [-0.39, 0.29) is 56.1 Å². The van der Waals surface area contributed by atoms with Crippen LogP contribution in [0.1, 0.15) is 63.0 Å². The molecule has 2 aromatic rings. The molecule has 15 heteroatoms. The van der Waals surface area contributed by atoms with Gasteiger partial charge in [0.25, 0.3) is 5.91 Å². The van der Waals surface area contributed by atoms with Crippen molar-refractivity contribution in [2.45, 2.75) is 91.2 Å². The molecule has 2 aliphatic heterocycles. The lowest BCUT2D eigenvalue weighted by molar-refractivity contribution is -0.348. The Balaban J connectivity index is 1.76. The zero-order valence-corrected chi connectivity index (χ0v) is 24.9. The highest BCUT2D eigenvalue weighted by Crippen LogP contribution is 2.58. The van der Waals surface area contributed by atoms with E-state index in [2.05, 4.69) is 0 Å². The summed E-state index contributed by atoms with van der Waals surface area (Å²) in [5.41, 5.74) is -10.5. The molecule has 45 heavy (non-hydrogen) atoms. The average molecular weight is 671 g/mol. The van der Waals surface area contributed by atoms with Crippen LogP contribution in [0.25, 0.3) is 0 Å². The summed E-state index contributed by atoms with van der Waals surface area (Å²) in [4.78, 5) is 15.8. The van der Waals surface area contributed by atoms with E-state index >= 15 is 8.78 Å². The van der Waals surface area contributed by atoms with Gasteiger partial charge in [-0.05, 0) is 74.4 Å². The maximum Gasteiger partial charge on any atom is 0.435 e. The largest absolute Gasteiger partial charge is 0.435 e. The first-order chi connectivity index (χ1) is 20.8. The van der Waals surface area contributed by atoms with E-state index in [0.717, 1.165) is 35.2 Å². The molecule has 3 aliphatic rings. The third-order valence-electron chi connectivity index (χ3n) is 9.39. The second-order valence-corrected chi connectivity index (χ2v) is 14.2. The van der Waals surface area contributed by atoms with Crippen molar-refractivity contribution in [3.8, 4) is 0 Å². The number of nitrogens with zero attached hydrogens (tertiary/aromatic N) is 2. The Kier molecular flexibility index (Phi) is 8.22. The molecule has 0 spiro atoms. The van der Waals surface area contributed by atoms with E-state index in [9.17, 15) is 43.9 Å². The Bertz CT molecular complexity index is 1540. The van der Waals surface area contributed by atoms with Gasteiger partial charge in [0, 0.05) is 30.9 Å².